The Morgan fingerprint density at radius 3 is 2.33 bits per heavy atom. The predicted molar refractivity (Wildman–Crippen MR) is 66.5 cm³/mol. The van der Waals surface area contributed by atoms with Gasteiger partial charge in [-0.3, -0.25) is 4.79 Å². The van der Waals surface area contributed by atoms with Crippen molar-refractivity contribution in [3.05, 3.63) is 29.8 Å². The monoisotopic (exact) mass is 266 g/mol. The predicted octanol–water partition coefficient (Wildman–Crippen LogP) is 0.615. The van der Waals surface area contributed by atoms with E-state index in [1.165, 1.54) is 23.1 Å². The molecule has 6 heteroatoms. The van der Waals surface area contributed by atoms with Gasteiger partial charge in [-0.25, -0.2) is 8.42 Å². The molecule has 0 saturated heterocycles. The second-order valence-electron chi connectivity index (χ2n) is 4.00. The maximum atomic E-state index is 11.2. The summed E-state index contributed by atoms with van der Waals surface area (Å²) in [6.07, 6.45) is 1.73. The summed E-state index contributed by atoms with van der Waals surface area (Å²) in [5.41, 5.74) is 0.917. The number of nitrogens with zero attached hydrogens (tertiary/aromatic N) is 2. The Morgan fingerprint density at radius 2 is 1.89 bits per heavy atom. The van der Waals surface area contributed by atoms with Gasteiger partial charge in [0.05, 0.1) is 4.90 Å². The van der Waals surface area contributed by atoms with Crippen molar-refractivity contribution in [1.82, 2.24) is 4.90 Å². The lowest BCUT2D eigenvalue weighted by Gasteiger charge is -2.12. The molecule has 0 fully saturated rings. The normalized spacial score (nSPS) is 10.7. The largest absolute Gasteiger partial charge is 0.333 e. The molecule has 1 rings (SSSR count). The summed E-state index contributed by atoms with van der Waals surface area (Å²) in [5.74, 6) is -0.581. The zero-order valence-electron chi connectivity index (χ0n) is 10.3. The SMILES string of the molecule is CN(CCc1ccc(S(C)(=O)=O)cc1)C(=O)C#N. The molecule has 0 saturated carbocycles. The third-order valence-corrected chi connectivity index (χ3v) is 3.66. The van der Waals surface area contributed by atoms with Gasteiger partial charge in [-0.2, -0.15) is 5.26 Å². The van der Waals surface area contributed by atoms with Crippen LogP contribution in [0.4, 0.5) is 0 Å². The number of sulfone groups is 1. The number of likely N-dealkylation sites (N-methyl/N-ethyl adjacent to an activating group) is 1. The average Bonchev–Trinajstić information content (AvgIpc) is 2.34. The number of rotatable bonds is 4. The van der Waals surface area contributed by atoms with Gasteiger partial charge in [0.25, 0.3) is 0 Å². The van der Waals surface area contributed by atoms with Crippen molar-refractivity contribution in [2.75, 3.05) is 19.8 Å². The maximum absolute atomic E-state index is 11.2. The van der Waals surface area contributed by atoms with E-state index < -0.39 is 15.7 Å². The van der Waals surface area contributed by atoms with Crippen LogP contribution in [0, 0.1) is 11.3 Å². The van der Waals surface area contributed by atoms with E-state index in [1.807, 2.05) is 0 Å². The molecule has 0 N–H and O–H groups in total. The summed E-state index contributed by atoms with van der Waals surface area (Å²) < 4.78 is 22.5. The van der Waals surface area contributed by atoms with E-state index in [-0.39, 0.29) is 4.90 Å². The summed E-state index contributed by atoms with van der Waals surface area (Å²) in [5, 5.41) is 8.42. The molecule has 0 heterocycles. The van der Waals surface area contributed by atoms with Crippen LogP contribution in [0.25, 0.3) is 0 Å². The van der Waals surface area contributed by atoms with Gasteiger partial charge in [-0.15, -0.1) is 0 Å². The van der Waals surface area contributed by atoms with Gasteiger partial charge in [0, 0.05) is 19.8 Å². The lowest BCUT2D eigenvalue weighted by Crippen LogP contribution is -2.27. The van der Waals surface area contributed by atoms with Crippen LogP contribution in [-0.2, 0) is 21.1 Å². The molecule has 0 aromatic heterocycles. The van der Waals surface area contributed by atoms with Gasteiger partial charge in [-0.05, 0) is 24.1 Å². The molecular weight excluding hydrogens is 252 g/mol. The highest BCUT2D eigenvalue weighted by atomic mass is 32.2. The minimum atomic E-state index is -3.18. The number of amides is 1. The number of nitriles is 1. The zero-order chi connectivity index (χ0) is 13.8. The van der Waals surface area contributed by atoms with E-state index >= 15 is 0 Å². The molecule has 0 aliphatic rings. The van der Waals surface area contributed by atoms with Gasteiger partial charge >= 0.3 is 5.91 Å². The highest BCUT2D eigenvalue weighted by Crippen LogP contribution is 2.10. The van der Waals surface area contributed by atoms with Gasteiger partial charge in [0.15, 0.2) is 15.9 Å². The first-order valence-corrected chi connectivity index (χ1v) is 7.18. The molecule has 0 bridgehead atoms. The van der Waals surface area contributed by atoms with Crippen LogP contribution in [0.1, 0.15) is 5.56 Å². The molecule has 0 unspecified atom stereocenters. The molecule has 96 valence electrons. The van der Waals surface area contributed by atoms with E-state index in [2.05, 4.69) is 0 Å². The van der Waals surface area contributed by atoms with E-state index in [0.717, 1.165) is 11.8 Å². The number of carbonyl (C=O) groups is 1. The van der Waals surface area contributed by atoms with Gasteiger partial charge in [0.1, 0.15) is 0 Å². The molecule has 0 radical (unpaired) electrons. The van der Waals surface area contributed by atoms with Crippen LogP contribution in [0.15, 0.2) is 29.2 Å². The van der Waals surface area contributed by atoms with E-state index in [0.29, 0.717) is 13.0 Å². The van der Waals surface area contributed by atoms with Crippen LogP contribution in [0.3, 0.4) is 0 Å². The second-order valence-corrected chi connectivity index (χ2v) is 6.02. The third-order valence-electron chi connectivity index (χ3n) is 2.53. The Kier molecular flexibility index (Phi) is 4.45. The van der Waals surface area contributed by atoms with Crippen LogP contribution in [-0.4, -0.2) is 39.1 Å². The first kappa shape index (κ1) is 14.2. The van der Waals surface area contributed by atoms with Crippen LogP contribution in [0.5, 0.6) is 0 Å². The minimum absolute atomic E-state index is 0.271. The van der Waals surface area contributed by atoms with Gasteiger partial charge in [-0.1, -0.05) is 12.1 Å². The summed E-state index contributed by atoms with van der Waals surface area (Å²) in [4.78, 5) is 12.6. The van der Waals surface area contributed by atoms with Gasteiger partial charge < -0.3 is 4.90 Å². The van der Waals surface area contributed by atoms with Gasteiger partial charge in [0.2, 0.25) is 0 Å². The Bertz CT molecular complexity index is 570. The second kappa shape index (κ2) is 5.65. The van der Waals surface area contributed by atoms with Crippen molar-refractivity contribution in [2.45, 2.75) is 11.3 Å². The van der Waals surface area contributed by atoms with Crippen molar-refractivity contribution < 1.29 is 13.2 Å². The number of carbonyl (C=O) groups excluding carboxylic acids is 1. The molecule has 5 nitrogen and oxygen atoms in total. The van der Waals surface area contributed by atoms with Crippen molar-refractivity contribution in [1.29, 1.82) is 5.26 Å². The van der Waals surface area contributed by atoms with Crippen LogP contribution >= 0.6 is 0 Å². The van der Waals surface area contributed by atoms with Crippen molar-refractivity contribution >= 4 is 15.7 Å². The number of benzene rings is 1. The van der Waals surface area contributed by atoms with E-state index in [1.54, 1.807) is 19.2 Å². The first-order chi connectivity index (χ1) is 8.34. The van der Waals surface area contributed by atoms with Crippen molar-refractivity contribution in [3.63, 3.8) is 0 Å². The fraction of sp³-hybridized carbons (Fsp3) is 0.333. The molecule has 0 aliphatic carbocycles. The highest BCUT2D eigenvalue weighted by Gasteiger charge is 2.08. The summed E-state index contributed by atoms with van der Waals surface area (Å²) in [6, 6.07) is 8.03. The van der Waals surface area contributed by atoms with E-state index in [9.17, 15) is 13.2 Å². The molecular formula is C12H14N2O3S. The standard InChI is InChI=1S/C12H14N2O3S/c1-14(12(15)9-13)8-7-10-3-5-11(6-4-10)18(2,16)17/h3-6H,7-8H2,1-2H3. The topological polar surface area (TPSA) is 78.2 Å². The first-order valence-electron chi connectivity index (χ1n) is 5.29. The fourth-order valence-corrected chi connectivity index (χ4v) is 2.02. The maximum Gasteiger partial charge on any atom is 0.324 e. The Morgan fingerprint density at radius 1 is 1.33 bits per heavy atom. The molecule has 0 aliphatic heterocycles. The molecule has 1 amide bonds. The summed E-state index contributed by atoms with van der Waals surface area (Å²) in [7, 11) is -1.62. The smallest absolute Gasteiger partial charge is 0.324 e. The highest BCUT2D eigenvalue weighted by molar-refractivity contribution is 7.90. The zero-order valence-corrected chi connectivity index (χ0v) is 11.1. The third kappa shape index (κ3) is 3.86. The number of hydrogen-bond donors (Lipinski definition) is 0. The molecule has 18 heavy (non-hydrogen) atoms. The lowest BCUT2D eigenvalue weighted by atomic mass is 10.1. The lowest BCUT2D eigenvalue weighted by molar-refractivity contribution is -0.124. The Hall–Kier alpha value is -1.87. The van der Waals surface area contributed by atoms with Crippen LogP contribution in [0.2, 0.25) is 0 Å². The average molecular weight is 266 g/mol. The molecule has 1 aromatic carbocycles. The van der Waals surface area contributed by atoms with E-state index in [4.69, 9.17) is 5.26 Å². The molecule has 0 spiro atoms. The minimum Gasteiger partial charge on any atom is -0.333 e. The van der Waals surface area contributed by atoms with Crippen LogP contribution < -0.4 is 0 Å². The Labute approximate surface area is 107 Å². The molecule has 0 atom stereocenters. The van der Waals surface area contributed by atoms with Crippen molar-refractivity contribution in [2.24, 2.45) is 0 Å². The summed E-state index contributed by atoms with van der Waals surface area (Å²) >= 11 is 0. The molecule has 1 aromatic rings. The number of hydrogen-bond acceptors (Lipinski definition) is 4. The summed E-state index contributed by atoms with van der Waals surface area (Å²) in [6.45, 7) is 0.421. The fourth-order valence-electron chi connectivity index (χ4n) is 1.39. The quantitative estimate of drug-likeness (QED) is 0.748. The Balaban J connectivity index is 2.66. The van der Waals surface area contributed by atoms with Crippen molar-refractivity contribution in [3.8, 4) is 6.07 Å².